The molecular weight excluding hydrogens is 695 g/mol. The van der Waals surface area contributed by atoms with Crippen LogP contribution in [-0.4, -0.2) is 35.4 Å². The van der Waals surface area contributed by atoms with Gasteiger partial charge in [-0.05, 0) is 152 Å². The van der Waals surface area contributed by atoms with Crippen LogP contribution >= 0.6 is 0 Å². The van der Waals surface area contributed by atoms with E-state index in [1.165, 1.54) is 0 Å². The first-order chi connectivity index (χ1) is 26.8. The molecule has 0 radical (unpaired) electrons. The third-order valence-corrected chi connectivity index (χ3v) is 13.1. The van der Waals surface area contributed by atoms with Crippen LogP contribution in [-0.2, 0) is 21.7 Å². The number of benzene rings is 4. The smallest absolute Gasteiger partial charge is 0.115 e. The molecule has 7 N–H and O–H groups in total. The molecule has 4 heterocycles. The summed E-state index contributed by atoms with van der Waals surface area (Å²) < 4.78 is 0. The number of nitrogens with one attached hydrogen (secondary N) is 3. The average Bonchev–Trinajstić information content (AvgIpc) is 4.04. The quantitative estimate of drug-likeness (QED) is 0.0970. The van der Waals surface area contributed by atoms with Crippen molar-refractivity contribution in [2.75, 3.05) is 0 Å². The summed E-state index contributed by atoms with van der Waals surface area (Å²) in [7, 11) is 0. The van der Waals surface area contributed by atoms with Gasteiger partial charge < -0.3 is 35.4 Å². The molecule has 4 aromatic carbocycles. The lowest BCUT2D eigenvalue weighted by Gasteiger charge is -2.37. The summed E-state index contributed by atoms with van der Waals surface area (Å²) in [5.74, 6) is 0.728. The van der Waals surface area contributed by atoms with Gasteiger partial charge in [-0.25, -0.2) is 0 Å². The second-order valence-electron chi connectivity index (χ2n) is 16.1. The van der Waals surface area contributed by atoms with E-state index in [2.05, 4.69) is 103 Å². The number of rotatable bonds is 4. The third-order valence-electron chi connectivity index (χ3n) is 13.1. The van der Waals surface area contributed by atoms with Gasteiger partial charge in [-0.2, -0.15) is 0 Å². The van der Waals surface area contributed by atoms with Crippen molar-refractivity contribution >= 4 is 0 Å². The van der Waals surface area contributed by atoms with Crippen LogP contribution in [0.25, 0.3) is 0 Å². The van der Waals surface area contributed by atoms with Crippen molar-refractivity contribution in [2.24, 2.45) is 0 Å². The zero-order valence-corrected chi connectivity index (χ0v) is 31.9. The van der Waals surface area contributed by atoms with Gasteiger partial charge in [-0.15, -0.1) is 0 Å². The van der Waals surface area contributed by atoms with Crippen LogP contribution in [0.15, 0.2) is 157 Å². The van der Waals surface area contributed by atoms with Crippen LogP contribution in [0.3, 0.4) is 0 Å². The van der Waals surface area contributed by atoms with Crippen molar-refractivity contribution in [1.29, 1.82) is 0 Å². The molecule has 0 fully saturated rings. The van der Waals surface area contributed by atoms with E-state index >= 15 is 0 Å². The zero-order chi connectivity index (χ0) is 39.0. The molecule has 280 valence electrons. The fourth-order valence-electron chi connectivity index (χ4n) is 9.35. The van der Waals surface area contributed by atoms with Crippen LogP contribution < -0.4 is 0 Å². The number of aromatic nitrogens is 3. The normalized spacial score (nSPS) is 24.4. The molecule has 56 heavy (non-hydrogen) atoms. The lowest BCUT2D eigenvalue weighted by atomic mass is 9.68. The van der Waals surface area contributed by atoms with E-state index in [0.717, 1.165) is 67.6 Å². The van der Waals surface area contributed by atoms with Crippen LogP contribution in [0, 0.1) is 0 Å². The van der Waals surface area contributed by atoms with E-state index in [0.29, 0.717) is 6.42 Å². The number of phenolic OH excluding ortho intramolecular Hbond substituents is 4. The van der Waals surface area contributed by atoms with Crippen molar-refractivity contribution in [3.8, 4) is 23.0 Å². The molecule has 1 aliphatic heterocycles. The summed E-state index contributed by atoms with van der Waals surface area (Å²) in [6, 6.07) is 42.6. The van der Waals surface area contributed by atoms with E-state index in [4.69, 9.17) is 0 Å². The molecule has 1 aliphatic carbocycles. The van der Waals surface area contributed by atoms with Gasteiger partial charge in [0.05, 0.1) is 21.7 Å². The number of H-pyrrole nitrogens is 3. The number of hydrogen-bond acceptors (Lipinski definition) is 4. The maximum atomic E-state index is 10.8. The Bertz CT molecular complexity index is 2530. The highest BCUT2D eigenvalue weighted by Gasteiger charge is 2.45. The van der Waals surface area contributed by atoms with Crippen molar-refractivity contribution in [1.82, 2.24) is 15.0 Å². The Morgan fingerprint density at radius 1 is 0.357 bits per heavy atom. The minimum absolute atomic E-state index is 0.173. The Morgan fingerprint density at radius 2 is 0.607 bits per heavy atom. The Balaban J connectivity index is 1.36. The molecule has 7 heteroatoms. The van der Waals surface area contributed by atoms with Crippen LogP contribution in [0.4, 0.5) is 0 Å². The molecule has 7 nitrogen and oxygen atoms in total. The molecule has 0 saturated heterocycles. The molecule has 7 aromatic rings. The molecule has 9 rings (SSSR count). The summed E-state index contributed by atoms with van der Waals surface area (Å²) in [6.45, 7) is 8.74. The summed E-state index contributed by atoms with van der Waals surface area (Å²) in [6.07, 6.45) is 5.04. The van der Waals surface area contributed by atoms with Crippen molar-refractivity contribution < 1.29 is 20.4 Å². The number of allylic oxidation sites excluding steroid dienone is 4. The Hall–Kier alpha value is -6.60. The van der Waals surface area contributed by atoms with Crippen LogP contribution in [0.5, 0.6) is 23.0 Å². The maximum Gasteiger partial charge on any atom is 0.115 e. The van der Waals surface area contributed by atoms with Gasteiger partial charge in [-0.1, -0.05) is 60.7 Å². The minimum Gasteiger partial charge on any atom is -0.508 e. The largest absolute Gasteiger partial charge is 0.508 e. The van der Waals surface area contributed by atoms with E-state index < -0.39 is 21.7 Å². The average molecular weight is 740 g/mol. The summed E-state index contributed by atoms with van der Waals surface area (Å²) >= 11 is 0. The predicted molar refractivity (Wildman–Crippen MR) is 220 cm³/mol. The molecule has 0 amide bonds. The molecule has 2 aliphatic rings. The highest BCUT2D eigenvalue weighted by atomic mass is 16.3. The third kappa shape index (κ3) is 5.10. The van der Waals surface area contributed by atoms with E-state index in [1.807, 2.05) is 60.7 Å². The molecule has 0 unspecified atom stereocenters. The second-order valence-corrected chi connectivity index (χ2v) is 16.1. The molecule has 4 atom stereocenters. The Morgan fingerprint density at radius 3 is 0.875 bits per heavy atom. The first-order valence-corrected chi connectivity index (χ1v) is 19.0. The lowest BCUT2D eigenvalue weighted by molar-refractivity contribution is 0.472. The molecule has 8 bridgehead atoms. The maximum absolute atomic E-state index is 10.8. The monoisotopic (exact) mass is 739 g/mol. The van der Waals surface area contributed by atoms with Gasteiger partial charge in [0.1, 0.15) is 23.0 Å². The lowest BCUT2D eigenvalue weighted by Crippen LogP contribution is -2.32. The highest BCUT2D eigenvalue weighted by Crippen LogP contribution is 2.52. The summed E-state index contributed by atoms with van der Waals surface area (Å²) in [4.78, 5) is 11.7. The van der Waals surface area contributed by atoms with Crippen molar-refractivity contribution in [3.63, 3.8) is 0 Å². The minimum atomic E-state index is -0.784. The number of hydrogen-bond donors (Lipinski definition) is 7. The van der Waals surface area contributed by atoms with Gasteiger partial charge in [0, 0.05) is 34.2 Å². The van der Waals surface area contributed by atoms with Crippen molar-refractivity contribution in [2.45, 2.75) is 55.8 Å². The standard InChI is InChI=1S/C49H45N3O4/c1-46(30-9-5-13-36(53)26-30)34-17-18-35(25-34)47(2,31-10-6-14-37(54)27-31)41-20-22-43(51-41)49(4,33-12-8-16-39(56)29-33)45-24-23-44(52-45)48(3,42-21-19-40(46)50-42)32-11-7-15-38(55)28-32/h5-24,26-29,50-56H,25H2,1-4H3/t46-,47+,48-,49+. The van der Waals surface area contributed by atoms with Crippen LogP contribution in [0.2, 0.25) is 0 Å². The summed E-state index contributed by atoms with van der Waals surface area (Å²) in [5.41, 5.74) is 8.56. The van der Waals surface area contributed by atoms with Crippen molar-refractivity contribution in [3.05, 3.63) is 213 Å². The molecule has 0 saturated carbocycles. The molecular formula is C49H45N3O4. The fourth-order valence-corrected chi connectivity index (χ4v) is 9.35. The van der Waals surface area contributed by atoms with Crippen LogP contribution in [0.1, 0.15) is 90.5 Å². The fraction of sp³-hybridized carbons (Fsp3) is 0.184. The van der Waals surface area contributed by atoms with E-state index in [9.17, 15) is 20.4 Å². The highest BCUT2D eigenvalue weighted by molar-refractivity contribution is 5.60. The first kappa shape index (κ1) is 35.1. The molecule has 3 aromatic heterocycles. The number of aromatic hydroxyl groups is 4. The zero-order valence-electron chi connectivity index (χ0n) is 31.9. The molecule has 0 spiro atoms. The SMILES string of the molecule is C[C@@]1(c2cccc(O)c2)C2=CC=C(C2)[C@](C)(c2cccc(O)c2)c2ccc([nH]2)[C@](C)(c2cccc(O)c2)c2ccc([nH]2)[C@](C)(c2cccc(O)c2)c2ccc1[nH]2. The number of aromatic amines is 3. The number of fused-ring (bicyclic) bond motifs is 8. The van der Waals surface area contributed by atoms with Gasteiger partial charge in [0.2, 0.25) is 0 Å². The van der Waals surface area contributed by atoms with Gasteiger partial charge in [0.25, 0.3) is 0 Å². The topological polar surface area (TPSA) is 128 Å². The number of phenols is 4. The van der Waals surface area contributed by atoms with E-state index in [-0.39, 0.29) is 23.0 Å². The summed E-state index contributed by atoms with van der Waals surface area (Å²) in [5, 5.41) is 43.3. The van der Waals surface area contributed by atoms with Gasteiger partial charge >= 0.3 is 0 Å². The second kappa shape index (κ2) is 12.5. The van der Waals surface area contributed by atoms with Gasteiger partial charge in [-0.3, -0.25) is 0 Å². The Labute approximate surface area is 326 Å². The van der Waals surface area contributed by atoms with E-state index in [1.54, 1.807) is 24.3 Å². The first-order valence-electron chi connectivity index (χ1n) is 19.0. The van der Waals surface area contributed by atoms with Gasteiger partial charge in [0.15, 0.2) is 0 Å². The Kier molecular flexibility index (Phi) is 7.82. The predicted octanol–water partition coefficient (Wildman–Crippen LogP) is 10.1.